The number of aliphatic hydroxyl groups is 1. The zero-order valence-electron chi connectivity index (χ0n) is 10.7. The van der Waals surface area contributed by atoms with Crippen LogP contribution in [0.15, 0.2) is 30.3 Å². The number of hydrogen-bond donors (Lipinski definition) is 1. The Morgan fingerprint density at radius 2 is 1.88 bits per heavy atom. The van der Waals surface area contributed by atoms with Crippen LogP contribution in [-0.2, 0) is 0 Å². The summed E-state index contributed by atoms with van der Waals surface area (Å²) in [6.45, 7) is 4.86. The molecule has 1 aliphatic rings. The van der Waals surface area contributed by atoms with Crippen molar-refractivity contribution in [3.63, 3.8) is 0 Å². The van der Waals surface area contributed by atoms with Crippen molar-refractivity contribution in [1.82, 2.24) is 4.90 Å². The monoisotopic (exact) mass is 233 g/mol. The molecule has 1 aromatic rings. The fourth-order valence-corrected chi connectivity index (χ4v) is 2.83. The molecule has 94 valence electrons. The van der Waals surface area contributed by atoms with Crippen LogP contribution in [0, 0.1) is 5.92 Å². The van der Waals surface area contributed by atoms with Gasteiger partial charge in [0.05, 0.1) is 0 Å². The zero-order chi connectivity index (χ0) is 12.1. The van der Waals surface area contributed by atoms with E-state index in [1.807, 2.05) is 0 Å². The topological polar surface area (TPSA) is 23.5 Å². The molecule has 0 saturated carbocycles. The molecule has 1 N–H and O–H groups in total. The van der Waals surface area contributed by atoms with E-state index in [4.69, 9.17) is 0 Å². The van der Waals surface area contributed by atoms with E-state index in [1.54, 1.807) is 0 Å². The Bertz CT molecular complexity index is 317. The number of nitrogens with zero attached hydrogens (tertiary/aromatic N) is 1. The number of likely N-dealkylation sites (tertiary alicyclic amines) is 1. The lowest BCUT2D eigenvalue weighted by Crippen LogP contribution is -2.37. The Morgan fingerprint density at radius 1 is 1.24 bits per heavy atom. The van der Waals surface area contributed by atoms with Gasteiger partial charge in [-0.05, 0) is 43.8 Å². The van der Waals surface area contributed by atoms with Gasteiger partial charge in [-0.15, -0.1) is 0 Å². The Hall–Kier alpha value is -0.860. The van der Waals surface area contributed by atoms with Gasteiger partial charge in [-0.1, -0.05) is 37.3 Å². The summed E-state index contributed by atoms with van der Waals surface area (Å²) in [5.41, 5.74) is 1.43. The van der Waals surface area contributed by atoms with Gasteiger partial charge in [0.1, 0.15) is 0 Å². The van der Waals surface area contributed by atoms with Crippen LogP contribution in [0.1, 0.15) is 37.8 Å². The molecular formula is C15H23NO. The second kappa shape index (κ2) is 6.18. The highest BCUT2D eigenvalue weighted by molar-refractivity contribution is 5.19. The number of hydrogen-bond acceptors (Lipinski definition) is 2. The molecule has 17 heavy (non-hydrogen) atoms. The Balaban J connectivity index is 2.00. The number of benzene rings is 1. The SMILES string of the molecule is CCC(c1ccccc1)N1CCC(CO)CC1. The Morgan fingerprint density at radius 3 is 2.41 bits per heavy atom. The van der Waals surface area contributed by atoms with Gasteiger partial charge in [-0.2, -0.15) is 0 Å². The van der Waals surface area contributed by atoms with E-state index in [1.165, 1.54) is 5.56 Å². The number of piperidine rings is 1. The molecule has 0 radical (unpaired) electrons. The summed E-state index contributed by atoms with van der Waals surface area (Å²) >= 11 is 0. The van der Waals surface area contributed by atoms with Crippen molar-refractivity contribution in [3.05, 3.63) is 35.9 Å². The van der Waals surface area contributed by atoms with Gasteiger partial charge >= 0.3 is 0 Å². The highest BCUT2D eigenvalue weighted by Gasteiger charge is 2.24. The van der Waals surface area contributed by atoms with Crippen LogP contribution >= 0.6 is 0 Å². The molecule has 1 atom stereocenters. The van der Waals surface area contributed by atoms with Crippen molar-refractivity contribution >= 4 is 0 Å². The summed E-state index contributed by atoms with van der Waals surface area (Å²) in [5.74, 6) is 0.527. The van der Waals surface area contributed by atoms with Gasteiger partial charge in [0.25, 0.3) is 0 Å². The van der Waals surface area contributed by atoms with Gasteiger partial charge in [-0.25, -0.2) is 0 Å². The molecule has 1 aliphatic heterocycles. The molecule has 2 heteroatoms. The van der Waals surface area contributed by atoms with Crippen molar-refractivity contribution in [2.45, 2.75) is 32.2 Å². The van der Waals surface area contributed by atoms with Crippen molar-refractivity contribution < 1.29 is 5.11 Å². The van der Waals surface area contributed by atoms with Crippen LogP contribution in [0.3, 0.4) is 0 Å². The maximum atomic E-state index is 9.17. The molecule has 2 nitrogen and oxygen atoms in total. The lowest BCUT2D eigenvalue weighted by atomic mass is 9.94. The normalized spacial score (nSPS) is 20.4. The molecule has 0 bridgehead atoms. The lowest BCUT2D eigenvalue weighted by molar-refractivity contribution is 0.0981. The molecule has 1 fully saturated rings. The van der Waals surface area contributed by atoms with Crippen LogP contribution in [0.25, 0.3) is 0 Å². The zero-order valence-corrected chi connectivity index (χ0v) is 10.7. The summed E-state index contributed by atoms with van der Waals surface area (Å²) in [6, 6.07) is 11.3. The Labute approximate surface area is 104 Å². The molecule has 0 spiro atoms. The summed E-state index contributed by atoms with van der Waals surface area (Å²) < 4.78 is 0. The van der Waals surface area contributed by atoms with Gasteiger partial charge in [0, 0.05) is 12.6 Å². The van der Waals surface area contributed by atoms with Gasteiger partial charge in [0.2, 0.25) is 0 Å². The van der Waals surface area contributed by atoms with Crippen molar-refractivity contribution in [2.75, 3.05) is 19.7 Å². The minimum atomic E-state index is 0.357. The van der Waals surface area contributed by atoms with Crippen LogP contribution in [0.2, 0.25) is 0 Å². The number of aliphatic hydroxyl groups excluding tert-OH is 1. The third-order valence-electron chi connectivity index (χ3n) is 3.92. The smallest absolute Gasteiger partial charge is 0.0460 e. The van der Waals surface area contributed by atoms with Gasteiger partial charge in [0.15, 0.2) is 0 Å². The van der Waals surface area contributed by atoms with Gasteiger partial charge in [-0.3, -0.25) is 4.90 Å². The quantitative estimate of drug-likeness (QED) is 0.864. The van der Waals surface area contributed by atoms with Crippen LogP contribution in [0.4, 0.5) is 0 Å². The largest absolute Gasteiger partial charge is 0.396 e. The minimum Gasteiger partial charge on any atom is -0.396 e. The predicted octanol–water partition coefficient (Wildman–Crippen LogP) is 2.84. The Kier molecular flexibility index (Phi) is 4.57. The van der Waals surface area contributed by atoms with E-state index in [-0.39, 0.29) is 0 Å². The molecule has 0 amide bonds. The van der Waals surface area contributed by atoms with Crippen molar-refractivity contribution in [2.24, 2.45) is 5.92 Å². The average Bonchev–Trinajstić information content (AvgIpc) is 2.42. The molecule has 2 rings (SSSR count). The maximum absolute atomic E-state index is 9.17. The first kappa shape index (κ1) is 12.6. The average molecular weight is 233 g/mol. The fourth-order valence-electron chi connectivity index (χ4n) is 2.83. The van der Waals surface area contributed by atoms with Crippen LogP contribution in [0.5, 0.6) is 0 Å². The molecule has 0 aromatic heterocycles. The first-order valence-corrected chi connectivity index (χ1v) is 6.75. The summed E-state index contributed by atoms with van der Waals surface area (Å²) in [6.07, 6.45) is 3.44. The predicted molar refractivity (Wildman–Crippen MR) is 70.9 cm³/mol. The van der Waals surface area contributed by atoms with Crippen LogP contribution < -0.4 is 0 Å². The van der Waals surface area contributed by atoms with Crippen molar-refractivity contribution in [3.8, 4) is 0 Å². The van der Waals surface area contributed by atoms with E-state index in [2.05, 4.69) is 42.2 Å². The molecule has 0 aliphatic carbocycles. The van der Waals surface area contributed by atoms with Crippen molar-refractivity contribution in [1.29, 1.82) is 0 Å². The molecular weight excluding hydrogens is 210 g/mol. The third-order valence-corrected chi connectivity index (χ3v) is 3.92. The second-order valence-electron chi connectivity index (χ2n) is 5.00. The van der Waals surface area contributed by atoms with E-state index in [9.17, 15) is 5.11 Å². The van der Waals surface area contributed by atoms with E-state index in [0.717, 1.165) is 32.4 Å². The first-order valence-electron chi connectivity index (χ1n) is 6.75. The molecule has 1 aromatic carbocycles. The third kappa shape index (κ3) is 3.08. The molecule has 1 saturated heterocycles. The molecule has 1 unspecified atom stereocenters. The summed E-state index contributed by atoms with van der Waals surface area (Å²) in [7, 11) is 0. The summed E-state index contributed by atoms with van der Waals surface area (Å²) in [5, 5.41) is 9.17. The summed E-state index contributed by atoms with van der Waals surface area (Å²) in [4.78, 5) is 2.57. The van der Waals surface area contributed by atoms with Crippen LogP contribution in [-0.4, -0.2) is 29.7 Å². The van der Waals surface area contributed by atoms with E-state index < -0.39 is 0 Å². The minimum absolute atomic E-state index is 0.357. The van der Waals surface area contributed by atoms with Gasteiger partial charge < -0.3 is 5.11 Å². The van der Waals surface area contributed by atoms with E-state index in [0.29, 0.717) is 18.6 Å². The highest BCUT2D eigenvalue weighted by atomic mass is 16.3. The van der Waals surface area contributed by atoms with E-state index >= 15 is 0 Å². The number of rotatable bonds is 4. The lowest BCUT2D eigenvalue weighted by Gasteiger charge is -2.37. The maximum Gasteiger partial charge on any atom is 0.0460 e. The highest BCUT2D eigenvalue weighted by Crippen LogP contribution is 2.28. The first-order chi connectivity index (χ1) is 8.35. The second-order valence-corrected chi connectivity index (χ2v) is 5.00. The standard InChI is InChI=1S/C15H23NO/c1-2-15(14-6-4-3-5-7-14)16-10-8-13(12-17)9-11-16/h3-7,13,15,17H,2,8-12H2,1H3. The fraction of sp³-hybridized carbons (Fsp3) is 0.600. The molecule has 1 heterocycles.